The lowest BCUT2D eigenvalue weighted by molar-refractivity contribution is 0.104. The van der Waals surface area contributed by atoms with Gasteiger partial charge in [0, 0.05) is 16.9 Å². The maximum absolute atomic E-state index is 11.2. The highest BCUT2D eigenvalue weighted by Crippen LogP contribution is 2.40. The third-order valence-electron chi connectivity index (χ3n) is 7.72. The van der Waals surface area contributed by atoms with E-state index in [9.17, 15) is 5.11 Å². The van der Waals surface area contributed by atoms with E-state index in [1.807, 2.05) is 0 Å². The zero-order valence-corrected chi connectivity index (χ0v) is 26.2. The summed E-state index contributed by atoms with van der Waals surface area (Å²) in [5.41, 5.74) is 1.40. The van der Waals surface area contributed by atoms with Gasteiger partial charge in [0.15, 0.2) is 0 Å². The molecule has 1 aliphatic rings. The average Bonchev–Trinajstić information content (AvgIpc) is 2.88. The first-order valence-electron chi connectivity index (χ1n) is 15.9. The van der Waals surface area contributed by atoms with E-state index >= 15 is 0 Å². The van der Waals surface area contributed by atoms with Crippen LogP contribution in [0.3, 0.4) is 0 Å². The predicted molar refractivity (Wildman–Crippen MR) is 170 cm³/mol. The number of hydrogen-bond acceptors (Lipinski definition) is 3. The molecule has 1 aliphatic carbocycles. The highest BCUT2D eigenvalue weighted by atomic mass is 32.2. The molecule has 0 fully saturated rings. The van der Waals surface area contributed by atoms with Crippen molar-refractivity contribution < 1.29 is 5.11 Å². The van der Waals surface area contributed by atoms with E-state index in [-0.39, 0.29) is 11.5 Å². The highest BCUT2D eigenvalue weighted by molar-refractivity contribution is 7.99. The Kier molecular flexibility index (Phi) is 23.0. The van der Waals surface area contributed by atoms with E-state index < -0.39 is 0 Å². The largest absolute Gasteiger partial charge is 0.388 e. The molecule has 0 aromatic rings. The molecule has 0 radical (unpaired) electrons. The molecule has 0 bridgehead atoms. The zero-order valence-electron chi connectivity index (χ0n) is 24.5. The van der Waals surface area contributed by atoms with Crippen LogP contribution < -0.4 is 0 Å². The molecule has 1 N–H and O–H groups in total. The monoisotopic (exact) mass is 538 g/mol. The van der Waals surface area contributed by atoms with E-state index in [0.29, 0.717) is 0 Å². The predicted octanol–water partition coefficient (Wildman–Crippen LogP) is 11.2. The molecule has 2 unspecified atom stereocenters. The number of allylic oxidation sites excluding steroid dienone is 1. The molecule has 0 aromatic carbocycles. The Hall–Kier alpha value is 0.140. The van der Waals surface area contributed by atoms with Crippen LogP contribution in [0.1, 0.15) is 149 Å². The van der Waals surface area contributed by atoms with Gasteiger partial charge in [-0.1, -0.05) is 148 Å². The number of rotatable bonds is 26. The fourth-order valence-corrected chi connectivity index (χ4v) is 7.55. The Bertz CT molecular complexity index is 544. The fraction of sp³-hybridized carbons (Fsp3) is 0.879. The van der Waals surface area contributed by atoms with Crippen LogP contribution in [-0.2, 0) is 0 Å². The summed E-state index contributed by atoms with van der Waals surface area (Å²) in [4.78, 5) is 0. The molecule has 212 valence electrons. The van der Waals surface area contributed by atoms with Gasteiger partial charge in [0.05, 0.1) is 6.10 Å². The molecule has 1 nitrogen and oxygen atoms in total. The SMILES string of the molecule is CCCCCCCCCC1(CSCCCCCCCC)C=C(CSCCCCCCCC)C=CC1O. The molecule has 0 heterocycles. The molecule has 0 spiro atoms. The van der Waals surface area contributed by atoms with Crippen molar-refractivity contribution >= 4 is 23.5 Å². The minimum Gasteiger partial charge on any atom is -0.388 e. The lowest BCUT2D eigenvalue weighted by Gasteiger charge is -2.37. The van der Waals surface area contributed by atoms with Crippen LogP contribution in [0.5, 0.6) is 0 Å². The standard InChI is InChI=1S/C33H62OS2/c1-4-7-10-13-16-17-20-25-33(30-36-27-22-19-15-12-9-6-3)28-31(23-24-32(33)34)29-35-26-21-18-14-11-8-5-2/h23-24,28,32,34H,4-22,25-27,29-30H2,1-3H3. The molecule has 3 heteroatoms. The van der Waals surface area contributed by atoms with Crippen LogP contribution in [0.25, 0.3) is 0 Å². The van der Waals surface area contributed by atoms with Gasteiger partial charge < -0.3 is 5.11 Å². The molecular weight excluding hydrogens is 476 g/mol. The van der Waals surface area contributed by atoms with Gasteiger partial charge in [0.1, 0.15) is 0 Å². The fourth-order valence-electron chi connectivity index (χ4n) is 5.25. The van der Waals surface area contributed by atoms with Crippen LogP contribution >= 0.6 is 23.5 Å². The lowest BCUT2D eigenvalue weighted by atomic mass is 9.75. The average molecular weight is 539 g/mol. The van der Waals surface area contributed by atoms with Crippen LogP contribution in [0, 0.1) is 5.41 Å². The maximum Gasteiger partial charge on any atom is 0.0822 e. The van der Waals surface area contributed by atoms with Gasteiger partial charge in [-0.15, -0.1) is 0 Å². The number of aliphatic hydroxyl groups is 1. The molecule has 0 saturated carbocycles. The van der Waals surface area contributed by atoms with Crippen molar-refractivity contribution in [3.63, 3.8) is 0 Å². The maximum atomic E-state index is 11.2. The van der Waals surface area contributed by atoms with Gasteiger partial charge in [-0.05, 0) is 36.3 Å². The molecule has 36 heavy (non-hydrogen) atoms. The van der Waals surface area contributed by atoms with Crippen LogP contribution in [0.15, 0.2) is 23.8 Å². The molecule has 0 aliphatic heterocycles. The van der Waals surface area contributed by atoms with E-state index in [1.165, 1.54) is 139 Å². The zero-order chi connectivity index (χ0) is 26.2. The van der Waals surface area contributed by atoms with Gasteiger partial charge in [-0.3, -0.25) is 0 Å². The molecule has 0 aromatic heterocycles. The lowest BCUT2D eigenvalue weighted by Crippen LogP contribution is -2.37. The molecule has 0 amide bonds. The van der Waals surface area contributed by atoms with Gasteiger partial charge >= 0.3 is 0 Å². The Morgan fingerprint density at radius 2 is 1.11 bits per heavy atom. The van der Waals surface area contributed by atoms with E-state index in [0.717, 1.165) is 17.9 Å². The highest BCUT2D eigenvalue weighted by Gasteiger charge is 2.36. The summed E-state index contributed by atoms with van der Waals surface area (Å²) in [6.07, 6.45) is 33.6. The number of unbranched alkanes of at least 4 members (excludes halogenated alkanes) is 16. The summed E-state index contributed by atoms with van der Waals surface area (Å²) in [6, 6.07) is 0. The Labute approximate surface area is 235 Å². The first kappa shape index (κ1) is 34.2. The van der Waals surface area contributed by atoms with Gasteiger partial charge in [-0.25, -0.2) is 0 Å². The van der Waals surface area contributed by atoms with Gasteiger partial charge in [0.2, 0.25) is 0 Å². The van der Waals surface area contributed by atoms with Crippen molar-refractivity contribution in [3.05, 3.63) is 23.8 Å². The van der Waals surface area contributed by atoms with Crippen LogP contribution in [0.4, 0.5) is 0 Å². The first-order chi connectivity index (χ1) is 17.7. The van der Waals surface area contributed by atoms with E-state index in [2.05, 4.69) is 62.5 Å². The van der Waals surface area contributed by atoms with E-state index in [1.54, 1.807) is 0 Å². The molecule has 0 saturated heterocycles. The van der Waals surface area contributed by atoms with Crippen molar-refractivity contribution in [3.8, 4) is 0 Å². The number of aliphatic hydroxyl groups excluding tert-OH is 1. The van der Waals surface area contributed by atoms with Gasteiger partial charge in [-0.2, -0.15) is 23.5 Å². The second kappa shape index (κ2) is 24.2. The van der Waals surface area contributed by atoms with Crippen molar-refractivity contribution in [1.82, 2.24) is 0 Å². The van der Waals surface area contributed by atoms with Crippen LogP contribution in [0.2, 0.25) is 0 Å². The first-order valence-corrected chi connectivity index (χ1v) is 18.2. The van der Waals surface area contributed by atoms with Crippen molar-refractivity contribution in [2.24, 2.45) is 5.41 Å². The third kappa shape index (κ3) is 16.9. The Balaban J connectivity index is 2.52. The Morgan fingerprint density at radius 3 is 1.67 bits per heavy atom. The van der Waals surface area contributed by atoms with E-state index in [4.69, 9.17) is 0 Å². The summed E-state index contributed by atoms with van der Waals surface area (Å²) >= 11 is 4.20. The Morgan fingerprint density at radius 1 is 0.639 bits per heavy atom. The number of hydrogen-bond donors (Lipinski definition) is 1. The normalized spacial score (nSPS) is 19.7. The molecular formula is C33H62OS2. The third-order valence-corrected chi connectivity index (χ3v) is 10.2. The smallest absolute Gasteiger partial charge is 0.0822 e. The van der Waals surface area contributed by atoms with Crippen molar-refractivity contribution in [2.45, 2.75) is 155 Å². The van der Waals surface area contributed by atoms with Crippen molar-refractivity contribution in [2.75, 3.05) is 23.0 Å². The quantitative estimate of drug-likeness (QED) is 0.111. The van der Waals surface area contributed by atoms with Gasteiger partial charge in [0.25, 0.3) is 0 Å². The minimum absolute atomic E-state index is 0.0545. The second-order valence-electron chi connectivity index (χ2n) is 11.3. The molecule has 1 rings (SSSR count). The second-order valence-corrected chi connectivity index (χ2v) is 13.5. The summed E-state index contributed by atoms with van der Waals surface area (Å²) in [6.45, 7) is 6.87. The summed E-state index contributed by atoms with van der Waals surface area (Å²) in [7, 11) is 0. The summed E-state index contributed by atoms with van der Waals surface area (Å²) < 4.78 is 0. The van der Waals surface area contributed by atoms with Crippen molar-refractivity contribution in [1.29, 1.82) is 0 Å². The number of thioether (sulfide) groups is 2. The van der Waals surface area contributed by atoms with Crippen LogP contribution in [-0.4, -0.2) is 34.2 Å². The minimum atomic E-state index is -0.318. The topological polar surface area (TPSA) is 20.2 Å². The summed E-state index contributed by atoms with van der Waals surface area (Å²) in [5, 5.41) is 11.2. The molecule has 2 atom stereocenters. The summed E-state index contributed by atoms with van der Waals surface area (Å²) in [5.74, 6) is 4.71.